The van der Waals surface area contributed by atoms with E-state index in [1.807, 2.05) is 13.8 Å². The first-order chi connectivity index (χ1) is 5.99. The lowest BCUT2D eigenvalue weighted by Gasteiger charge is -2.28. The Morgan fingerprint density at radius 3 is 2.46 bits per heavy atom. The zero-order valence-electron chi connectivity index (χ0n) is 8.63. The van der Waals surface area contributed by atoms with E-state index >= 15 is 0 Å². The highest BCUT2D eigenvalue weighted by Gasteiger charge is 2.25. The van der Waals surface area contributed by atoms with Crippen LogP contribution in [0.5, 0.6) is 0 Å². The molecule has 0 fully saturated rings. The van der Waals surface area contributed by atoms with Crippen LogP contribution in [-0.2, 0) is 4.79 Å². The first-order valence-electron chi connectivity index (χ1n) is 4.67. The predicted octanol–water partition coefficient (Wildman–Crippen LogP) is 0.000900. The van der Waals surface area contributed by atoms with E-state index in [1.54, 1.807) is 6.92 Å². The summed E-state index contributed by atoms with van der Waals surface area (Å²) in [7, 11) is 0. The molecule has 4 N–H and O–H groups in total. The summed E-state index contributed by atoms with van der Waals surface area (Å²) in [5.41, 5.74) is 5.00. The Hall–Kier alpha value is -0.610. The number of aliphatic hydroxyl groups excluding tert-OH is 1. The zero-order chi connectivity index (χ0) is 10.5. The largest absolute Gasteiger partial charge is 0.394 e. The third-order valence-corrected chi connectivity index (χ3v) is 2.33. The van der Waals surface area contributed by atoms with Gasteiger partial charge in [0.25, 0.3) is 0 Å². The molecule has 0 spiro atoms. The van der Waals surface area contributed by atoms with Crippen LogP contribution in [0.25, 0.3) is 0 Å². The number of aliphatic hydroxyl groups is 1. The van der Waals surface area contributed by atoms with Crippen LogP contribution in [-0.4, -0.2) is 29.2 Å². The van der Waals surface area contributed by atoms with Crippen molar-refractivity contribution in [2.75, 3.05) is 6.61 Å². The summed E-state index contributed by atoms with van der Waals surface area (Å²) in [5, 5.41) is 11.8. The molecule has 4 heteroatoms. The van der Waals surface area contributed by atoms with Crippen LogP contribution in [0.2, 0.25) is 0 Å². The van der Waals surface area contributed by atoms with Crippen molar-refractivity contribution in [3.05, 3.63) is 0 Å². The molecule has 4 nitrogen and oxygen atoms in total. The number of carbonyl (C=O) groups is 1. The maximum absolute atomic E-state index is 11.4. The van der Waals surface area contributed by atoms with Gasteiger partial charge in [0.1, 0.15) is 0 Å². The van der Waals surface area contributed by atoms with Gasteiger partial charge < -0.3 is 16.2 Å². The number of rotatable bonds is 5. The number of amides is 1. The standard InChI is InChI=1S/C9H20N2O2/c1-4-7(10)8(13)11-9(3,5-2)6-12/h7,12H,4-6,10H2,1-3H3,(H,11,13). The molecule has 0 aliphatic rings. The predicted molar refractivity (Wildman–Crippen MR) is 52.2 cm³/mol. The summed E-state index contributed by atoms with van der Waals surface area (Å²) in [5.74, 6) is -0.194. The van der Waals surface area contributed by atoms with Gasteiger partial charge in [-0.2, -0.15) is 0 Å². The van der Waals surface area contributed by atoms with Crippen LogP contribution in [0.1, 0.15) is 33.6 Å². The Kier molecular flexibility index (Phi) is 4.95. The minimum Gasteiger partial charge on any atom is -0.394 e. The number of hydrogen-bond acceptors (Lipinski definition) is 3. The summed E-state index contributed by atoms with van der Waals surface area (Å²) < 4.78 is 0. The quantitative estimate of drug-likeness (QED) is 0.568. The van der Waals surface area contributed by atoms with Gasteiger partial charge in [0.2, 0.25) is 5.91 Å². The van der Waals surface area contributed by atoms with E-state index in [-0.39, 0.29) is 12.5 Å². The van der Waals surface area contributed by atoms with Crippen molar-refractivity contribution in [3.8, 4) is 0 Å². The summed E-state index contributed by atoms with van der Waals surface area (Å²) in [6.07, 6.45) is 1.29. The Balaban J connectivity index is 4.17. The van der Waals surface area contributed by atoms with Gasteiger partial charge in [-0.05, 0) is 19.8 Å². The summed E-state index contributed by atoms with van der Waals surface area (Å²) >= 11 is 0. The van der Waals surface area contributed by atoms with Crippen molar-refractivity contribution >= 4 is 5.91 Å². The number of nitrogens with one attached hydrogen (secondary N) is 1. The van der Waals surface area contributed by atoms with E-state index in [0.717, 1.165) is 0 Å². The molecule has 0 radical (unpaired) electrons. The third-order valence-electron chi connectivity index (χ3n) is 2.33. The molecule has 0 heterocycles. The highest BCUT2D eigenvalue weighted by Crippen LogP contribution is 2.07. The third kappa shape index (κ3) is 3.74. The minimum atomic E-state index is -0.538. The average molecular weight is 188 g/mol. The van der Waals surface area contributed by atoms with Crippen molar-refractivity contribution in [1.29, 1.82) is 0 Å². The molecule has 1 amide bonds. The van der Waals surface area contributed by atoms with E-state index < -0.39 is 11.6 Å². The molecule has 0 aliphatic carbocycles. The van der Waals surface area contributed by atoms with Crippen molar-refractivity contribution in [2.45, 2.75) is 45.2 Å². The minimum absolute atomic E-state index is 0.0638. The topological polar surface area (TPSA) is 75.4 Å². The molecular formula is C9H20N2O2. The lowest BCUT2D eigenvalue weighted by atomic mass is 9.99. The molecule has 0 bridgehead atoms. The highest BCUT2D eigenvalue weighted by molar-refractivity contribution is 5.82. The van der Waals surface area contributed by atoms with Crippen molar-refractivity contribution in [1.82, 2.24) is 5.32 Å². The summed E-state index contributed by atoms with van der Waals surface area (Å²) in [6, 6.07) is -0.475. The second-order valence-electron chi connectivity index (χ2n) is 3.58. The molecule has 0 aromatic carbocycles. The number of nitrogens with two attached hydrogens (primary N) is 1. The van der Waals surface area contributed by atoms with Crippen LogP contribution >= 0.6 is 0 Å². The van der Waals surface area contributed by atoms with Crippen molar-refractivity contribution in [3.63, 3.8) is 0 Å². The van der Waals surface area contributed by atoms with Gasteiger partial charge in [0.15, 0.2) is 0 Å². The lowest BCUT2D eigenvalue weighted by Crippen LogP contribution is -2.53. The van der Waals surface area contributed by atoms with E-state index in [0.29, 0.717) is 12.8 Å². The highest BCUT2D eigenvalue weighted by atomic mass is 16.3. The molecule has 0 saturated heterocycles. The Morgan fingerprint density at radius 2 is 2.15 bits per heavy atom. The summed E-state index contributed by atoms with van der Waals surface area (Å²) in [6.45, 7) is 5.50. The van der Waals surface area contributed by atoms with Crippen LogP contribution in [0.3, 0.4) is 0 Å². The SMILES string of the molecule is CCC(N)C(=O)NC(C)(CC)CO. The molecule has 0 saturated carbocycles. The van der Waals surface area contributed by atoms with E-state index in [2.05, 4.69) is 5.32 Å². The maximum atomic E-state index is 11.4. The molecule has 0 rings (SSSR count). The first-order valence-corrected chi connectivity index (χ1v) is 4.67. The molecule has 2 atom stereocenters. The molecular weight excluding hydrogens is 168 g/mol. The Morgan fingerprint density at radius 1 is 1.62 bits per heavy atom. The van der Waals surface area contributed by atoms with Gasteiger partial charge in [-0.1, -0.05) is 13.8 Å². The second-order valence-corrected chi connectivity index (χ2v) is 3.58. The fraction of sp³-hybridized carbons (Fsp3) is 0.889. The lowest BCUT2D eigenvalue weighted by molar-refractivity contribution is -0.124. The van der Waals surface area contributed by atoms with Crippen LogP contribution in [0, 0.1) is 0 Å². The van der Waals surface area contributed by atoms with Crippen molar-refractivity contribution in [2.24, 2.45) is 5.73 Å². The van der Waals surface area contributed by atoms with Crippen molar-refractivity contribution < 1.29 is 9.90 Å². The van der Waals surface area contributed by atoms with E-state index in [4.69, 9.17) is 10.8 Å². The van der Waals surface area contributed by atoms with Crippen LogP contribution in [0.4, 0.5) is 0 Å². The van der Waals surface area contributed by atoms with Crippen LogP contribution < -0.4 is 11.1 Å². The average Bonchev–Trinajstić information content (AvgIpc) is 2.16. The first kappa shape index (κ1) is 12.4. The second kappa shape index (κ2) is 5.19. The fourth-order valence-electron chi connectivity index (χ4n) is 0.815. The van der Waals surface area contributed by atoms with Gasteiger partial charge in [-0.3, -0.25) is 4.79 Å². The van der Waals surface area contributed by atoms with Gasteiger partial charge in [-0.15, -0.1) is 0 Å². The Bertz CT molecular complexity index is 167. The number of hydrogen-bond donors (Lipinski definition) is 3. The summed E-state index contributed by atoms with van der Waals surface area (Å²) in [4.78, 5) is 11.4. The fourth-order valence-corrected chi connectivity index (χ4v) is 0.815. The molecule has 0 aromatic rings. The van der Waals surface area contributed by atoms with E-state index in [1.165, 1.54) is 0 Å². The number of carbonyl (C=O) groups excluding carboxylic acids is 1. The molecule has 13 heavy (non-hydrogen) atoms. The van der Waals surface area contributed by atoms with Crippen LogP contribution in [0.15, 0.2) is 0 Å². The molecule has 0 aliphatic heterocycles. The Labute approximate surface area is 79.5 Å². The van der Waals surface area contributed by atoms with Gasteiger partial charge in [0, 0.05) is 0 Å². The van der Waals surface area contributed by atoms with Gasteiger partial charge in [-0.25, -0.2) is 0 Å². The van der Waals surface area contributed by atoms with E-state index in [9.17, 15) is 4.79 Å². The maximum Gasteiger partial charge on any atom is 0.237 e. The molecule has 78 valence electrons. The van der Waals surface area contributed by atoms with Gasteiger partial charge >= 0.3 is 0 Å². The zero-order valence-corrected chi connectivity index (χ0v) is 8.63. The molecule has 0 aromatic heterocycles. The van der Waals surface area contributed by atoms with Gasteiger partial charge in [0.05, 0.1) is 18.2 Å². The monoisotopic (exact) mass is 188 g/mol. The molecule has 2 unspecified atom stereocenters. The normalized spacial score (nSPS) is 17.6. The smallest absolute Gasteiger partial charge is 0.237 e.